The molecule has 0 aromatic rings. The minimum Gasteiger partial charge on any atom is -0.481 e. The van der Waals surface area contributed by atoms with Gasteiger partial charge < -0.3 is 25.0 Å². The van der Waals surface area contributed by atoms with Gasteiger partial charge in [0.15, 0.2) is 0 Å². The lowest BCUT2D eigenvalue weighted by molar-refractivity contribution is -0.156. The summed E-state index contributed by atoms with van der Waals surface area (Å²) >= 11 is 0. The van der Waals surface area contributed by atoms with E-state index in [9.17, 15) is 19.2 Å². The average molecular weight is 461 g/mol. The maximum Gasteiger partial charge on any atom is 0.311 e. The molecular weight excluding hydrogens is 420 g/mol. The lowest BCUT2D eigenvalue weighted by atomic mass is 9.76. The Morgan fingerprint density at radius 3 is 1.38 bits per heavy atom. The molecule has 0 aliphatic carbocycles. The highest BCUT2D eigenvalue weighted by Gasteiger charge is 2.34. The molecule has 0 unspecified atom stereocenters. The highest BCUT2D eigenvalue weighted by atomic mass is 16.5. The summed E-state index contributed by atoms with van der Waals surface area (Å²) in [5, 5.41) is 26.8. The molecule has 32 heavy (non-hydrogen) atoms. The third-order valence-electron chi connectivity index (χ3n) is 4.82. The van der Waals surface area contributed by atoms with Crippen LogP contribution in [-0.4, -0.2) is 94.9 Å². The number of carbonyl (C=O) groups is 4. The van der Waals surface area contributed by atoms with Crippen molar-refractivity contribution in [1.29, 1.82) is 0 Å². The normalized spacial score (nSPS) is 12.2. The highest BCUT2D eigenvalue weighted by molar-refractivity contribution is 5.76. The molecule has 10 heteroatoms. The number of ether oxygens (including phenoxy) is 1. The molecule has 0 aliphatic rings. The number of carboxylic acids is 3. The number of aliphatic carboxylic acids is 3. The van der Waals surface area contributed by atoms with Gasteiger partial charge in [-0.3, -0.25) is 24.1 Å². The number of hydrogen-bond donors (Lipinski definition) is 3. The standard InChI is InChI=1S/C22H40N2O8/c1-21(2,3)16-22(4,5)20(31)32-15-14-24(11-8-19(29)30)13-12-23(9-6-17(25)26)10-7-18(27)28/h6-16H2,1-5H3,(H,25,26)(H,27,28)(H,29,30). The second-order valence-corrected chi connectivity index (χ2v) is 9.87. The molecule has 0 saturated heterocycles. The van der Waals surface area contributed by atoms with Crippen molar-refractivity contribution in [2.45, 2.75) is 60.3 Å². The van der Waals surface area contributed by atoms with Crippen molar-refractivity contribution in [3.8, 4) is 0 Å². The van der Waals surface area contributed by atoms with Crippen LogP contribution in [0.3, 0.4) is 0 Å². The Hall–Kier alpha value is -2.20. The summed E-state index contributed by atoms with van der Waals surface area (Å²) in [6.45, 7) is 11.7. The molecule has 0 aliphatic heterocycles. The smallest absolute Gasteiger partial charge is 0.311 e. The monoisotopic (exact) mass is 460 g/mol. The molecule has 3 N–H and O–H groups in total. The average Bonchev–Trinajstić information content (AvgIpc) is 2.61. The predicted molar refractivity (Wildman–Crippen MR) is 118 cm³/mol. The number of nitrogens with zero attached hydrogens (tertiary/aromatic N) is 2. The Bertz CT molecular complexity index is 610. The molecule has 0 amide bonds. The summed E-state index contributed by atoms with van der Waals surface area (Å²) in [4.78, 5) is 48.8. The predicted octanol–water partition coefficient (Wildman–Crippen LogP) is 2.02. The molecule has 10 nitrogen and oxygen atoms in total. The van der Waals surface area contributed by atoms with Gasteiger partial charge in [0.05, 0.1) is 24.7 Å². The molecule has 0 fully saturated rings. The third-order valence-corrected chi connectivity index (χ3v) is 4.82. The fourth-order valence-corrected chi connectivity index (χ4v) is 3.58. The molecule has 0 aromatic carbocycles. The fraction of sp³-hybridized carbons (Fsp3) is 0.818. The van der Waals surface area contributed by atoms with E-state index < -0.39 is 23.3 Å². The Morgan fingerprint density at radius 1 is 0.656 bits per heavy atom. The van der Waals surface area contributed by atoms with Crippen molar-refractivity contribution in [3.63, 3.8) is 0 Å². The first-order valence-corrected chi connectivity index (χ1v) is 10.9. The maximum absolute atomic E-state index is 12.5. The van der Waals surface area contributed by atoms with E-state index in [-0.39, 0.29) is 56.9 Å². The van der Waals surface area contributed by atoms with Crippen LogP contribution in [0.1, 0.15) is 60.3 Å². The van der Waals surface area contributed by atoms with E-state index >= 15 is 0 Å². The summed E-state index contributed by atoms with van der Waals surface area (Å²) in [6.07, 6.45) is 0.335. The number of hydrogen-bond acceptors (Lipinski definition) is 7. The Morgan fingerprint density at radius 2 is 1.03 bits per heavy atom. The Balaban J connectivity index is 4.85. The first-order chi connectivity index (χ1) is 14.6. The summed E-state index contributed by atoms with van der Waals surface area (Å²) < 4.78 is 5.46. The van der Waals surface area contributed by atoms with Crippen LogP contribution in [0.25, 0.3) is 0 Å². The van der Waals surface area contributed by atoms with Crippen LogP contribution in [0.15, 0.2) is 0 Å². The highest BCUT2D eigenvalue weighted by Crippen LogP contribution is 2.34. The van der Waals surface area contributed by atoms with E-state index in [0.717, 1.165) is 0 Å². The van der Waals surface area contributed by atoms with Gasteiger partial charge in [0.2, 0.25) is 0 Å². The van der Waals surface area contributed by atoms with Gasteiger partial charge in [-0.15, -0.1) is 0 Å². The van der Waals surface area contributed by atoms with Crippen LogP contribution < -0.4 is 0 Å². The number of rotatable bonds is 17. The second-order valence-electron chi connectivity index (χ2n) is 9.87. The topological polar surface area (TPSA) is 145 Å². The Labute approximate surface area is 190 Å². The van der Waals surface area contributed by atoms with Crippen molar-refractivity contribution in [3.05, 3.63) is 0 Å². The third kappa shape index (κ3) is 15.6. The van der Waals surface area contributed by atoms with Gasteiger partial charge in [-0.2, -0.15) is 0 Å². The van der Waals surface area contributed by atoms with Crippen molar-refractivity contribution < 1.29 is 39.2 Å². The first kappa shape index (κ1) is 29.8. The molecule has 186 valence electrons. The van der Waals surface area contributed by atoms with E-state index in [0.29, 0.717) is 26.1 Å². The molecule has 0 saturated carbocycles. The zero-order valence-electron chi connectivity index (χ0n) is 20.1. The van der Waals surface area contributed by atoms with Crippen LogP contribution in [0, 0.1) is 10.8 Å². The number of esters is 1. The van der Waals surface area contributed by atoms with E-state index in [1.54, 1.807) is 4.90 Å². The van der Waals surface area contributed by atoms with Crippen LogP contribution in [0.5, 0.6) is 0 Å². The van der Waals surface area contributed by atoms with Crippen LogP contribution in [-0.2, 0) is 23.9 Å². The molecular formula is C22H40N2O8. The van der Waals surface area contributed by atoms with Crippen molar-refractivity contribution in [2.24, 2.45) is 10.8 Å². The maximum atomic E-state index is 12.5. The van der Waals surface area contributed by atoms with Crippen molar-refractivity contribution in [1.82, 2.24) is 9.80 Å². The summed E-state index contributed by atoms with van der Waals surface area (Å²) in [5.74, 6) is -3.21. The summed E-state index contributed by atoms with van der Waals surface area (Å²) in [6, 6.07) is 0. The zero-order chi connectivity index (χ0) is 24.9. The zero-order valence-corrected chi connectivity index (χ0v) is 20.1. The summed E-state index contributed by atoms with van der Waals surface area (Å²) in [7, 11) is 0. The number of carbonyl (C=O) groups excluding carboxylic acids is 1. The largest absolute Gasteiger partial charge is 0.481 e. The van der Waals surface area contributed by atoms with Gasteiger partial charge in [0.1, 0.15) is 6.61 Å². The van der Waals surface area contributed by atoms with Gasteiger partial charge in [-0.25, -0.2) is 0 Å². The van der Waals surface area contributed by atoms with E-state index in [1.807, 2.05) is 18.7 Å². The van der Waals surface area contributed by atoms with Gasteiger partial charge in [0.25, 0.3) is 0 Å². The summed E-state index contributed by atoms with van der Waals surface area (Å²) in [5.41, 5.74) is -0.681. The van der Waals surface area contributed by atoms with Gasteiger partial charge >= 0.3 is 23.9 Å². The van der Waals surface area contributed by atoms with Crippen LogP contribution in [0.2, 0.25) is 0 Å². The SMILES string of the molecule is CC(C)(C)CC(C)(C)C(=O)OCCN(CCC(=O)O)CCN(CCC(=O)O)CCC(=O)O. The first-order valence-electron chi connectivity index (χ1n) is 10.9. The molecule has 0 spiro atoms. The fourth-order valence-electron chi connectivity index (χ4n) is 3.58. The van der Waals surface area contributed by atoms with Gasteiger partial charge in [0, 0.05) is 39.3 Å². The molecule has 0 heterocycles. The van der Waals surface area contributed by atoms with E-state index in [2.05, 4.69) is 20.8 Å². The minimum absolute atomic E-state index is 0.0363. The Kier molecular flexibility index (Phi) is 13.1. The lowest BCUT2D eigenvalue weighted by Crippen LogP contribution is -2.40. The molecule has 0 atom stereocenters. The molecule has 0 rings (SSSR count). The van der Waals surface area contributed by atoms with Crippen LogP contribution in [0.4, 0.5) is 0 Å². The van der Waals surface area contributed by atoms with Gasteiger partial charge in [-0.1, -0.05) is 20.8 Å². The second kappa shape index (κ2) is 14.1. The molecule has 0 bridgehead atoms. The van der Waals surface area contributed by atoms with Gasteiger partial charge in [-0.05, 0) is 25.7 Å². The molecule has 0 aromatic heterocycles. The number of carboxylic acid groups (broad SMARTS) is 3. The van der Waals surface area contributed by atoms with E-state index in [1.165, 1.54) is 0 Å². The van der Waals surface area contributed by atoms with Crippen LogP contribution >= 0.6 is 0 Å². The molecule has 0 radical (unpaired) electrons. The quantitative estimate of drug-likeness (QED) is 0.276. The van der Waals surface area contributed by atoms with Crippen molar-refractivity contribution >= 4 is 23.9 Å². The minimum atomic E-state index is -0.974. The van der Waals surface area contributed by atoms with Crippen molar-refractivity contribution in [2.75, 3.05) is 45.9 Å². The lowest BCUT2D eigenvalue weighted by Gasteiger charge is -2.31. The van der Waals surface area contributed by atoms with E-state index in [4.69, 9.17) is 20.1 Å².